The second-order valence-corrected chi connectivity index (χ2v) is 7.17. The second kappa shape index (κ2) is 9.90. The maximum Gasteiger partial charge on any atom is 0.213 e. The molecule has 4 aromatic rings. The molecule has 4 heteroatoms. The Balaban J connectivity index is 1.44. The van der Waals surface area contributed by atoms with Crippen molar-refractivity contribution in [2.75, 3.05) is 13.2 Å². The van der Waals surface area contributed by atoms with Crippen LogP contribution >= 0.6 is 0 Å². The van der Waals surface area contributed by atoms with E-state index >= 15 is 0 Å². The molecule has 1 heterocycles. The van der Waals surface area contributed by atoms with E-state index in [-0.39, 0.29) is 0 Å². The molecule has 152 valence electrons. The van der Waals surface area contributed by atoms with Crippen LogP contribution in [-0.2, 0) is 13.2 Å². The van der Waals surface area contributed by atoms with Gasteiger partial charge in [-0.2, -0.15) is 0 Å². The summed E-state index contributed by atoms with van der Waals surface area (Å²) in [5.74, 6) is 1.56. The number of aromatic nitrogens is 1. The zero-order valence-corrected chi connectivity index (χ0v) is 17.2. The molecule has 4 rings (SSSR count). The fourth-order valence-corrected chi connectivity index (χ4v) is 3.43. The molecule has 0 spiro atoms. The minimum atomic E-state index is 0.556. The van der Waals surface area contributed by atoms with Gasteiger partial charge in [0.2, 0.25) is 5.88 Å². The fourth-order valence-electron chi connectivity index (χ4n) is 3.43. The Labute approximate surface area is 177 Å². The Bertz CT molecular complexity index is 1100. The van der Waals surface area contributed by atoms with E-state index in [1.54, 1.807) is 6.20 Å². The van der Waals surface area contributed by atoms with Gasteiger partial charge < -0.3 is 14.8 Å². The summed E-state index contributed by atoms with van der Waals surface area (Å²) < 4.78 is 11.9. The number of hydrogen-bond donors (Lipinski definition) is 1. The van der Waals surface area contributed by atoms with Crippen molar-refractivity contribution in [1.29, 1.82) is 0 Å². The number of ether oxygens (including phenoxy) is 2. The molecule has 0 bridgehead atoms. The van der Waals surface area contributed by atoms with Gasteiger partial charge in [-0.15, -0.1) is 0 Å². The first-order valence-electron chi connectivity index (χ1n) is 10.2. The van der Waals surface area contributed by atoms with E-state index in [1.165, 1.54) is 27.5 Å². The van der Waals surface area contributed by atoms with Crippen LogP contribution in [0.4, 0.5) is 0 Å². The lowest BCUT2D eigenvalue weighted by Crippen LogP contribution is -2.21. The molecule has 0 radical (unpaired) electrons. The molecule has 3 aromatic carbocycles. The van der Waals surface area contributed by atoms with Gasteiger partial charge in [0, 0.05) is 30.9 Å². The van der Waals surface area contributed by atoms with E-state index in [1.807, 2.05) is 18.2 Å². The Kier molecular flexibility index (Phi) is 6.58. The minimum absolute atomic E-state index is 0.556. The first-order valence-corrected chi connectivity index (χ1v) is 10.2. The van der Waals surface area contributed by atoms with Crippen molar-refractivity contribution in [2.45, 2.75) is 20.1 Å². The van der Waals surface area contributed by atoms with E-state index in [4.69, 9.17) is 9.47 Å². The third-order valence-corrected chi connectivity index (χ3v) is 5.11. The van der Waals surface area contributed by atoms with Gasteiger partial charge in [0.05, 0.1) is 0 Å². The quantitative estimate of drug-likeness (QED) is 0.389. The summed E-state index contributed by atoms with van der Waals surface area (Å²) in [6.07, 6.45) is 1.73. The van der Waals surface area contributed by atoms with Crippen molar-refractivity contribution in [3.05, 3.63) is 102 Å². The standard InChI is InChI=1S/C26H26N2O2/c1-20-8-2-3-10-22(20)19-30-25-14-13-21-9-4-5-11-23(21)24(25)18-27-16-17-29-26-12-6-7-15-28-26/h2-15,27H,16-19H2,1H3. The van der Waals surface area contributed by atoms with Crippen molar-refractivity contribution < 1.29 is 9.47 Å². The van der Waals surface area contributed by atoms with E-state index in [0.29, 0.717) is 25.6 Å². The Morgan fingerprint density at radius 2 is 1.67 bits per heavy atom. The summed E-state index contributed by atoms with van der Waals surface area (Å²) >= 11 is 0. The highest BCUT2D eigenvalue weighted by Crippen LogP contribution is 2.29. The molecule has 0 unspecified atom stereocenters. The zero-order valence-electron chi connectivity index (χ0n) is 17.2. The molecule has 0 aliphatic rings. The second-order valence-electron chi connectivity index (χ2n) is 7.17. The molecule has 1 N–H and O–H groups in total. The predicted molar refractivity (Wildman–Crippen MR) is 121 cm³/mol. The molecule has 30 heavy (non-hydrogen) atoms. The number of nitrogens with zero attached hydrogens (tertiary/aromatic N) is 1. The summed E-state index contributed by atoms with van der Waals surface area (Å²) in [5.41, 5.74) is 3.61. The smallest absolute Gasteiger partial charge is 0.213 e. The molecule has 0 aliphatic carbocycles. The highest BCUT2D eigenvalue weighted by atomic mass is 16.5. The maximum absolute atomic E-state index is 6.26. The molecule has 0 saturated heterocycles. The van der Waals surface area contributed by atoms with E-state index in [2.05, 4.69) is 77.9 Å². The molecule has 0 atom stereocenters. The first-order chi connectivity index (χ1) is 14.8. The van der Waals surface area contributed by atoms with Gasteiger partial charge in [-0.3, -0.25) is 0 Å². The van der Waals surface area contributed by atoms with Crippen molar-refractivity contribution in [1.82, 2.24) is 10.3 Å². The summed E-state index contributed by atoms with van der Waals surface area (Å²) in [7, 11) is 0. The SMILES string of the molecule is Cc1ccccc1COc1ccc2ccccc2c1CNCCOc1ccccn1. The van der Waals surface area contributed by atoms with Gasteiger partial charge in [-0.1, -0.05) is 60.7 Å². The zero-order chi connectivity index (χ0) is 20.6. The molecular formula is C26H26N2O2. The maximum atomic E-state index is 6.26. The Morgan fingerprint density at radius 3 is 2.53 bits per heavy atom. The lowest BCUT2D eigenvalue weighted by Gasteiger charge is -2.16. The number of hydrogen-bond acceptors (Lipinski definition) is 4. The normalized spacial score (nSPS) is 10.8. The minimum Gasteiger partial charge on any atom is -0.489 e. The molecule has 0 amide bonds. The van der Waals surface area contributed by atoms with E-state index < -0.39 is 0 Å². The lowest BCUT2D eigenvalue weighted by atomic mass is 10.0. The van der Waals surface area contributed by atoms with E-state index in [9.17, 15) is 0 Å². The van der Waals surface area contributed by atoms with Crippen molar-refractivity contribution >= 4 is 10.8 Å². The number of pyridine rings is 1. The number of rotatable bonds is 9. The molecule has 4 nitrogen and oxygen atoms in total. The molecular weight excluding hydrogens is 372 g/mol. The monoisotopic (exact) mass is 398 g/mol. The Morgan fingerprint density at radius 1 is 0.833 bits per heavy atom. The third kappa shape index (κ3) is 4.97. The lowest BCUT2D eigenvalue weighted by molar-refractivity contribution is 0.295. The predicted octanol–water partition coefficient (Wildman–Crippen LogP) is 5.29. The van der Waals surface area contributed by atoms with Crippen LogP contribution in [-0.4, -0.2) is 18.1 Å². The van der Waals surface area contributed by atoms with E-state index in [0.717, 1.165) is 12.3 Å². The molecule has 1 aromatic heterocycles. The van der Waals surface area contributed by atoms with Crippen LogP contribution in [0.5, 0.6) is 11.6 Å². The molecule has 0 fully saturated rings. The van der Waals surface area contributed by atoms with Crippen LogP contribution in [0, 0.1) is 6.92 Å². The summed E-state index contributed by atoms with van der Waals surface area (Å²) in [6.45, 7) is 4.65. The molecule has 0 saturated carbocycles. The molecule has 0 aliphatic heterocycles. The Hall–Kier alpha value is -3.37. The van der Waals surface area contributed by atoms with Crippen LogP contribution in [0.3, 0.4) is 0 Å². The van der Waals surface area contributed by atoms with Gasteiger partial charge in [-0.25, -0.2) is 4.98 Å². The van der Waals surface area contributed by atoms with Gasteiger partial charge in [-0.05, 0) is 41.0 Å². The van der Waals surface area contributed by atoms with Crippen LogP contribution in [0.15, 0.2) is 85.1 Å². The first kappa shape index (κ1) is 19.9. The average Bonchev–Trinajstić information content (AvgIpc) is 2.79. The number of nitrogens with one attached hydrogen (secondary N) is 1. The summed E-state index contributed by atoms with van der Waals surface area (Å²) in [5, 5.41) is 5.90. The largest absolute Gasteiger partial charge is 0.489 e. The number of fused-ring (bicyclic) bond motifs is 1. The summed E-state index contributed by atoms with van der Waals surface area (Å²) in [6, 6.07) is 26.6. The average molecular weight is 399 g/mol. The van der Waals surface area contributed by atoms with Crippen LogP contribution < -0.4 is 14.8 Å². The third-order valence-electron chi connectivity index (χ3n) is 5.11. The van der Waals surface area contributed by atoms with Gasteiger partial charge in [0.15, 0.2) is 0 Å². The topological polar surface area (TPSA) is 43.4 Å². The van der Waals surface area contributed by atoms with Gasteiger partial charge >= 0.3 is 0 Å². The fraction of sp³-hybridized carbons (Fsp3) is 0.192. The van der Waals surface area contributed by atoms with Crippen molar-refractivity contribution in [3.63, 3.8) is 0 Å². The van der Waals surface area contributed by atoms with Crippen LogP contribution in [0.25, 0.3) is 10.8 Å². The summed E-state index contributed by atoms with van der Waals surface area (Å²) in [4.78, 5) is 4.18. The van der Waals surface area contributed by atoms with Gasteiger partial charge in [0.1, 0.15) is 19.0 Å². The highest BCUT2D eigenvalue weighted by Gasteiger charge is 2.10. The van der Waals surface area contributed by atoms with Crippen LogP contribution in [0.1, 0.15) is 16.7 Å². The van der Waals surface area contributed by atoms with Crippen LogP contribution in [0.2, 0.25) is 0 Å². The van der Waals surface area contributed by atoms with Crippen molar-refractivity contribution in [3.8, 4) is 11.6 Å². The van der Waals surface area contributed by atoms with Gasteiger partial charge in [0.25, 0.3) is 0 Å². The highest BCUT2D eigenvalue weighted by molar-refractivity contribution is 5.87. The van der Waals surface area contributed by atoms with Crippen molar-refractivity contribution in [2.24, 2.45) is 0 Å². The number of aryl methyl sites for hydroxylation is 1. The number of benzene rings is 3.